The van der Waals surface area contributed by atoms with Crippen LogP contribution in [-0.2, 0) is 14.4 Å². The van der Waals surface area contributed by atoms with Crippen LogP contribution in [-0.4, -0.2) is 35.0 Å². The second-order valence-electron chi connectivity index (χ2n) is 5.85. The maximum Gasteiger partial charge on any atom is 0.307 e. The van der Waals surface area contributed by atoms with Crippen LogP contribution in [0, 0.1) is 11.8 Å². The molecule has 3 atom stereocenters. The molecule has 112 valence electrons. The topological polar surface area (TPSA) is 95.5 Å². The summed E-state index contributed by atoms with van der Waals surface area (Å²) in [4.78, 5) is 35.1. The van der Waals surface area contributed by atoms with Crippen molar-refractivity contribution in [2.45, 2.75) is 57.5 Å². The molecule has 3 N–H and O–H groups in total. The maximum atomic E-state index is 12.2. The molecule has 0 aromatic heterocycles. The standard InChI is InChI=1S/C14H22N2O4/c1-8(12(17)16-9-6-7-9)15-13(18)10-4-2-3-5-11(10)14(19)20/h8-11H,2-7H2,1H3,(H,15,18)(H,16,17)(H,19,20)/t8?,10-,11+/m1/s1. The van der Waals surface area contributed by atoms with Crippen molar-refractivity contribution < 1.29 is 19.5 Å². The zero-order valence-corrected chi connectivity index (χ0v) is 11.7. The van der Waals surface area contributed by atoms with E-state index in [0.717, 1.165) is 25.7 Å². The number of rotatable bonds is 5. The predicted molar refractivity (Wildman–Crippen MR) is 71.9 cm³/mol. The van der Waals surface area contributed by atoms with Gasteiger partial charge in [0.1, 0.15) is 6.04 Å². The third-order valence-corrected chi connectivity index (χ3v) is 4.10. The van der Waals surface area contributed by atoms with Gasteiger partial charge in [-0.3, -0.25) is 14.4 Å². The molecule has 0 bridgehead atoms. The van der Waals surface area contributed by atoms with E-state index < -0.39 is 23.8 Å². The van der Waals surface area contributed by atoms with Gasteiger partial charge in [-0.05, 0) is 32.6 Å². The summed E-state index contributed by atoms with van der Waals surface area (Å²) in [7, 11) is 0. The monoisotopic (exact) mass is 282 g/mol. The van der Waals surface area contributed by atoms with Crippen LogP contribution in [0.1, 0.15) is 45.4 Å². The van der Waals surface area contributed by atoms with E-state index in [0.29, 0.717) is 12.8 Å². The van der Waals surface area contributed by atoms with E-state index in [2.05, 4.69) is 10.6 Å². The van der Waals surface area contributed by atoms with Crippen LogP contribution in [0.2, 0.25) is 0 Å². The first-order chi connectivity index (χ1) is 9.49. The lowest BCUT2D eigenvalue weighted by atomic mass is 9.78. The number of carbonyl (C=O) groups excluding carboxylic acids is 2. The molecule has 0 heterocycles. The first-order valence-electron chi connectivity index (χ1n) is 7.32. The molecule has 0 aromatic carbocycles. The molecule has 0 spiro atoms. The van der Waals surface area contributed by atoms with E-state index in [1.807, 2.05) is 0 Å². The van der Waals surface area contributed by atoms with Gasteiger partial charge in [0.15, 0.2) is 0 Å². The second kappa shape index (κ2) is 6.24. The fourth-order valence-electron chi connectivity index (χ4n) is 2.68. The molecular weight excluding hydrogens is 260 g/mol. The van der Waals surface area contributed by atoms with Crippen molar-refractivity contribution in [3.8, 4) is 0 Å². The zero-order valence-electron chi connectivity index (χ0n) is 11.7. The molecule has 1 unspecified atom stereocenters. The fourth-order valence-corrected chi connectivity index (χ4v) is 2.68. The number of carbonyl (C=O) groups is 3. The number of carboxylic acids is 1. The van der Waals surface area contributed by atoms with Crippen LogP contribution < -0.4 is 10.6 Å². The highest BCUT2D eigenvalue weighted by atomic mass is 16.4. The molecule has 6 nitrogen and oxygen atoms in total. The van der Waals surface area contributed by atoms with Gasteiger partial charge >= 0.3 is 5.97 Å². The summed E-state index contributed by atoms with van der Waals surface area (Å²) in [5.41, 5.74) is 0. The van der Waals surface area contributed by atoms with Gasteiger partial charge in [-0.15, -0.1) is 0 Å². The van der Waals surface area contributed by atoms with Gasteiger partial charge in [0, 0.05) is 6.04 Å². The molecule has 2 fully saturated rings. The van der Waals surface area contributed by atoms with Crippen LogP contribution in [0.5, 0.6) is 0 Å². The van der Waals surface area contributed by atoms with Gasteiger partial charge in [0.05, 0.1) is 11.8 Å². The summed E-state index contributed by atoms with van der Waals surface area (Å²) < 4.78 is 0. The van der Waals surface area contributed by atoms with E-state index >= 15 is 0 Å². The van der Waals surface area contributed by atoms with Crippen LogP contribution >= 0.6 is 0 Å². The zero-order chi connectivity index (χ0) is 14.7. The maximum absolute atomic E-state index is 12.2. The van der Waals surface area contributed by atoms with Gasteiger partial charge in [-0.2, -0.15) is 0 Å². The lowest BCUT2D eigenvalue weighted by Crippen LogP contribution is -2.49. The molecule has 2 aliphatic rings. The van der Waals surface area contributed by atoms with Crippen LogP contribution in [0.3, 0.4) is 0 Å². The molecule has 2 rings (SSSR count). The van der Waals surface area contributed by atoms with Crippen molar-refractivity contribution in [1.29, 1.82) is 0 Å². The highest BCUT2D eigenvalue weighted by molar-refractivity contribution is 5.90. The fraction of sp³-hybridized carbons (Fsp3) is 0.786. The Morgan fingerprint density at radius 2 is 1.65 bits per heavy atom. The summed E-state index contributed by atoms with van der Waals surface area (Å²) in [5, 5.41) is 14.6. The first kappa shape index (κ1) is 14.8. The number of aliphatic carboxylic acids is 1. The minimum Gasteiger partial charge on any atom is -0.481 e. The van der Waals surface area contributed by atoms with Crippen molar-refractivity contribution >= 4 is 17.8 Å². The summed E-state index contributed by atoms with van der Waals surface area (Å²) >= 11 is 0. The van der Waals surface area contributed by atoms with Gasteiger partial charge < -0.3 is 15.7 Å². The highest BCUT2D eigenvalue weighted by Gasteiger charge is 2.36. The van der Waals surface area contributed by atoms with Crippen LogP contribution in [0.15, 0.2) is 0 Å². The van der Waals surface area contributed by atoms with Crippen molar-refractivity contribution in [1.82, 2.24) is 10.6 Å². The van der Waals surface area contributed by atoms with Crippen molar-refractivity contribution in [2.24, 2.45) is 11.8 Å². The number of carboxylic acid groups (broad SMARTS) is 1. The molecule has 20 heavy (non-hydrogen) atoms. The second-order valence-corrected chi connectivity index (χ2v) is 5.85. The Kier molecular flexibility index (Phi) is 4.62. The van der Waals surface area contributed by atoms with E-state index in [4.69, 9.17) is 5.11 Å². The molecule has 0 aliphatic heterocycles. The van der Waals surface area contributed by atoms with E-state index in [9.17, 15) is 14.4 Å². The Hall–Kier alpha value is -1.59. The Balaban J connectivity index is 1.88. The lowest BCUT2D eigenvalue weighted by molar-refractivity contribution is -0.149. The SMILES string of the molecule is CC(NC(=O)[C@@H]1CCCC[C@@H]1C(=O)O)C(=O)NC1CC1. The molecule has 2 aliphatic carbocycles. The minimum atomic E-state index is -0.917. The van der Waals surface area contributed by atoms with Crippen molar-refractivity contribution in [3.63, 3.8) is 0 Å². The Morgan fingerprint density at radius 3 is 2.20 bits per heavy atom. The van der Waals surface area contributed by atoms with Gasteiger partial charge in [0.25, 0.3) is 0 Å². The Bertz CT molecular complexity index is 406. The average molecular weight is 282 g/mol. The molecule has 0 radical (unpaired) electrons. The van der Waals surface area contributed by atoms with Gasteiger partial charge in [-0.1, -0.05) is 12.8 Å². The average Bonchev–Trinajstić information content (AvgIpc) is 3.22. The number of hydrogen-bond acceptors (Lipinski definition) is 3. The molecular formula is C14H22N2O4. The van der Waals surface area contributed by atoms with E-state index in [1.54, 1.807) is 6.92 Å². The summed E-state index contributed by atoms with van der Waals surface area (Å²) in [5.74, 6) is -2.56. The number of hydrogen-bond donors (Lipinski definition) is 3. The summed E-state index contributed by atoms with van der Waals surface area (Å²) in [6, 6.07) is -0.359. The number of nitrogens with one attached hydrogen (secondary N) is 2. The molecule has 0 aromatic rings. The van der Waals surface area contributed by atoms with Crippen LogP contribution in [0.4, 0.5) is 0 Å². The van der Waals surface area contributed by atoms with E-state index in [1.165, 1.54) is 0 Å². The van der Waals surface area contributed by atoms with Crippen molar-refractivity contribution in [3.05, 3.63) is 0 Å². The normalized spacial score (nSPS) is 27.4. The van der Waals surface area contributed by atoms with E-state index in [-0.39, 0.29) is 17.9 Å². The minimum absolute atomic E-state index is 0.191. The predicted octanol–water partition coefficient (Wildman–Crippen LogP) is 0.661. The smallest absolute Gasteiger partial charge is 0.307 e. The van der Waals surface area contributed by atoms with Gasteiger partial charge in [0.2, 0.25) is 11.8 Å². The van der Waals surface area contributed by atoms with Crippen LogP contribution in [0.25, 0.3) is 0 Å². The third-order valence-electron chi connectivity index (χ3n) is 4.10. The highest BCUT2D eigenvalue weighted by Crippen LogP contribution is 2.30. The largest absolute Gasteiger partial charge is 0.481 e. The summed E-state index contributed by atoms with van der Waals surface area (Å²) in [6.45, 7) is 1.63. The molecule has 0 saturated heterocycles. The molecule has 2 saturated carbocycles. The Morgan fingerprint density at radius 1 is 1.05 bits per heavy atom. The number of amides is 2. The lowest BCUT2D eigenvalue weighted by Gasteiger charge is -2.28. The third kappa shape index (κ3) is 3.71. The van der Waals surface area contributed by atoms with Crippen molar-refractivity contribution in [2.75, 3.05) is 0 Å². The first-order valence-corrected chi connectivity index (χ1v) is 7.32. The molecule has 6 heteroatoms. The van der Waals surface area contributed by atoms with Gasteiger partial charge in [-0.25, -0.2) is 0 Å². The Labute approximate surface area is 118 Å². The molecule has 2 amide bonds. The quantitative estimate of drug-likeness (QED) is 0.690. The summed E-state index contributed by atoms with van der Waals surface area (Å²) in [6.07, 6.45) is 4.82.